The Morgan fingerprint density at radius 2 is 1.17 bits per heavy atom. The number of halogens is 1. The van der Waals surface area contributed by atoms with Crippen molar-refractivity contribution < 1.29 is 14.4 Å². The second-order valence-corrected chi connectivity index (χ2v) is 2.06. The molecule has 0 bridgehead atoms. The first-order chi connectivity index (χ1) is 2.00. The molecule has 0 spiro atoms. The molecule has 40 valence electrons. The van der Waals surface area contributed by atoms with Crippen molar-refractivity contribution in [2.45, 2.75) is 0 Å². The SMILES string of the molecule is Cl.N[Si](O)(O)O. The molecule has 0 aliphatic carbocycles. The summed E-state index contributed by atoms with van der Waals surface area (Å²) in [5.74, 6) is 0. The topological polar surface area (TPSA) is 86.7 Å². The quantitative estimate of drug-likeness (QED) is 0.281. The first-order valence-electron chi connectivity index (χ1n) is 0.959. The van der Waals surface area contributed by atoms with E-state index in [4.69, 9.17) is 14.4 Å². The van der Waals surface area contributed by atoms with Crippen LogP contribution in [0.25, 0.3) is 0 Å². The average molecular weight is 132 g/mol. The van der Waals surface area contributed by atoms with Crippen LogP contribution >= 0.6 is 12.4 Å². The molecule has 0 saturated carbocycles. The summed E-state index contributed by atoms with van der Waals surface area (Å²) in [6, 6.07) is 0. The largest absolute Gasteiger partial charge is 0.585 e. The number of hydrogen-bond donors (Lipinski definition) is 4. The van der Waals surface area contributed by atoms with Gasteiger partial charge in [-0.2, -0.15) is 0 Å². The molecule has 0 aliphatic heterocycles. The molecular weight excluding hydrogens is 126 g/mol. The van der Waals surface area contributed by atoms with E-state index in [1.165, 1.54) is 0 Å². The van der Waals surface area contributed by atoms with Crippen molar-refractivity contribution in [1.82, 2.24) is 0 Å². The highest BCUT2D eigenvalue weighted by molar-refractivity contribution is 6.52. The monoisotopic (exact) mass is 131 g/mol. The van der Waals surface area contributed by atoms with Crippen LogP contribution in [0.2, 0.25) is 0 Å². The maximum absolute atomic E-state index is 7.55. The predicted molar refractivity (Wildman–Crippen MR) is 23.8 cm³/mol. The number of rotatable bonds is 0. The minimum absolute atomic E-state index is 0. The van der Waals surface area contributed by atoms with Gasteiger partial charge in [0.25, 0.3) is 0 Å². The summed E-state index contributed by atoms with van der Waals surface area (Å²) < 4.78 is 0. The van der Waals surface area contributed by atoms with E-state index >= 15 is 0 Å². The Kier molecular flexibility index (Phi) is 4.01. The predicted octanol–water partition coefficient (Wildman–Crippen LogP) is -2.22. The van der Waals surface area contributed by atoms with Crippen LogP contribution in [0.15, 0.2) is 0 Å². The Labute approximate surface area is 42.1 Å². The molecule has 0 rings (SSSR count). The molecule has 0 radical (unpaired) electrons. The van der Waals surface area contributed by atoms with Gasteiger partial charge in [0.2, 0.25) is 0 Å². The lowest BCUT2D eigenvalue weighted by Gasteiger charge is -1.94. The van der Waals surface area contributed by atoms with Crippen molar-refractivity contribution in [2.75, 3.05) is 0 Å². The third-order valence-electron chi connectivity index (χ3n) is 0. The van der Waals surface area contributed by atoms with Gasteiger partial charge in [-0.1, -0.05) is 0 Å². The molecule has 0 fully saturated rings. The van der Waals surface area contributed by atoms with Crippen molar-refractivity contribution >= 4 is 21.4 Å². The zero-order valence-electron chi connectivity index (χ0n) is 2.83. The van der Waals surface area contributed by atoms with Gasteiger partial charge in [-0.15, -0.1) is 12.4 Å². The summed E-state index contributed by atoms with van der Waals surface area (Å²) >= 11 is 0. The molecule has 6 heteroatoms. The third kappa shape index (κ3) is 405. The van der Waals surface area contributed by atoms with Crippen molar-refractivity contribution in [1.29, 1.82) is 0 Å². The van der Waals surface area contributed by atoms with E-state index in [0.29, 0.717) is 0 Å². The third-order valence-corrected chi connectivity index (χ3v) is 0. The van der Waals surface area contributed by atoms with E-state index in [9.17, 15) is 0 Å². The standard InChI is InChI=1S/ClH.H5NO3Si/c;1-5(2,3)4/h1H;2-4H,1H2. The molecule has 0 heterocycles. The van der Waals surface area contributed by atoms with E-state index in [2.05, 4.69) is 5.40 Å². The van der Waals surface area contributed by atoms with Crippen LogP contribution in [-0.2, 0) is 0 Å². The Morgan fingerprint density at radius 1 is 1.17 bits per heavy atom. The van der Waals surface area contributed by atoms with Gasteiger partial charge in [0.1, 0.15) is 0 Å². The molecule has 0 aromatic heterocycles. The Balaban J connectivity index is 0. The van der Waals surface area contributed by atoms with Crippen LogP contribution in [0.3, 0.4) is 0 Å². The van der Waals surface area contributed by atoms with E-state index in [0.717, 1.165) is 0 Å². The van der Waals surface area contributed by atoms with Crippen LogP contribution in [-0.4, -0.2) is 23.4 Å². The normalized spacial score (nSPS) is 10.0. The lowest BCUT2D eigenvalue weighted by atomic mass is 13.9. The fourth-order valence-electron chi connectivity index (χ4n) is 0. The number of nitrogens with two attached hydrogens (primary N) is 1. The highest BCUT2D eigenvalue weighted by Crippen LogP contribution is 1.60. The zero-order valence-corrected chi connectivity index (χ0v) is 4.64. The summed E-state index contributed by atoms with van der Waals surface area (Å²) in [6.07, 6.45) is 0. The van der Waals surface area contributed by atoms with Crippen LogP contribution < -0.4 is 5.40 Å². The van der Waals surface area contributed by atoms with Gasteiger partial charge < -0.3 is 14.4 Å². The Hall–Kier alpha value is 0.347. The fraction of sp³-hybridized carbons (Fsp3) is 0. The summed E-state index contributed by atoms with van der Waals surface area (Å²) in [7, 11) is -4.11. The molecule has 6 heavy (non-hydrogen) atoms. The van der Waals surface area contributed by atoms with Gasteiger partial charge in [-0.05, 0) is 0 Å². The molecule has 0 atom stereocenters. The van der Waals surface area contributed by atoms with E-state index in [-0.39, 0.29) is 12.4 Å². The van der Waals surface area contributed by atoms with E-state index < -0.39 is 8.97 Å². The van der Waals surface area contributed by atoms with Crippen LogP contribution in [0.1, 0.15) is 0 Å². The van der Waals surface area contributed by atoms with Crippen LogP contribution in [0.4, 0.5) is 0 Å². The molecule has 0 amide bonds. The maximum Gasteiger partial charge on any atom is 0.585 e. The van der Waals surface area contributed by atoms with Gasteiger partial charge in [0.05, 0.1) is 0 Å². The Bertz CT molecular complexity index is 26.3. The number of hydrogen-bond acceptors (Lipinski definition) is 4. The van der Waals surface area contributed by atoms with Gasteiger partial charge in [0, 0.05) is 0 Å². The van der Waals surface area contributed by atoms with E-state index in [1.54, 1.807) is 0 Å². The zero-order chi connectivity index (χ0) is 4.50. The van der Waals surface area contributed by atoms with Gasteiger partial charge in [0.15, 0.2) is 0 Å². The second kappa shape index (κ2) is 2.51. The maximum atomic E-state index is 7.55. The fourth-order valence-corrected chi connectivity index (χ4v) is 0. The molecule has 0 unspecified atom stereocenters. The summed E-state index contributed by atoms with van der Waals surface area (Å²) in [5, 5.41) is 4.16. The molecule has 0 aliphatic rings. The van der Waals surface area contributed by atoms with Crippen molar-refractivity contribution in [3.63, 3.8) is 0 Å². The molecule has 4 nitrogen and oxygen atoms in total. The molecule has 0 aromatic rings. The molecule has 0 saturated heterocycles. The molecule has 0 aromatic carbocycles. The Morgan fingerprint density at radius 3 is 1.17 bits per heavy atom. The smallest absolute Gasteiger partial charge is 0.378 e. The van der Waals surface area contributed by atoms with Crippen molar-refractivity contribution in [3.05, 3.63) is 0 Å². The van der Waals surface area contributed by atoms with Crippen LogP contribution in [0, 0.1) is 0 Å². The molecular formula is H6ClNO3Si. The minimum Gasteiger partial charge on any atom is -0.378 e. The van der Waals surface area contributed by atoms with Gasteiger partial charge >= 0.3 is 8.97 Å². The van der Waals surface area contributed by atoms with Crippen molar-refractivity contribution in [3.8, 4) is 0 Å². The minimum atomic E-state index is -4.11. The van der Waals surface area contributed by atoms with Gasteiger partial charge in [-0.3, -0.25) is 5.40 Å². The van der Waals surface area contributed by atoms with Gasteiger partial charge in [-0.25, -0.2) is 0 Å². The van der Waals surface area contributed by atoms with E-state index in [1.807, 2.05) is 0 Å². The lowest BCUT2D eigenvalue weighted by Crippen LogP contribution is -2.46. The lowest BCUT2D eigenvalue weighted by molar-refractivity contribution is 0.230. The first-order valence-corrected chi connectivity index (χ1v) is 2.88. The second-order valence-electron chi connectivity index (χ2n) is 0.687. The van der Waals surface area contributed by atoms with Crippen molar-refractivity contribution in [2.24, 2.45) is 5.40 Å². The summed E-state index contributed by atoms with van der Waals surface area (Å²) in [4.78, 5) is 22.6. The highest BCUT2D eigenvalue weighted by atomic mass is 35.5. The van der Waals surface area contributed by atoms with Crippen LogP contribution in [0.5, 0.6) is 0 Å². The first kappa shape index (κ1) is 9.60. The summed E-state index contributed by atoms with van der Waals surface area (Å²) in [5.41, 5.74) is 0. The summed E-state index contributed by atoms with van der Waals surface area (Å²) in [6.45, 7) is 0. The molecule has 5 N–H and O–H groups in total. The highest BCUT2D eigenvalue weighted by Gasteiger charge is 2.17. The average Bonchev–Trinajstić information content (AvgIpc) is 0.722.